The van der Waals surface area contributed by atoms with Gasteiger partial charge in [-0.15, -0.1) is 0 Å². The molecule has 6 nitrogen and oxygen atoms in total. The van der Waals surface area contributed by atoms with Crippen molar-refractivity contribution in [2.75, 3.05) is 13.2 Å². The van der Waals surface area contributed by atoms with Gasteiger partial charge in [0.15, 0.2) is 6.10 Å². The summed E-state index contributed by atoms with van der Waals surface area (Å²) in [6.45, 7) is 6.39. The maximum atomic E-state index is 12.7. The third-order valence-corrected chi connectivity index (χ3v) is 9.95. The molecule has 1 atom stereocenters. The van der Waals surface area contributed by atoms with Gasteiger partial charge in [0.1, 0.15) is 13.2 Å². The molecule has 59 heavy (non-hydrogen) atoms. The Labute approximate surface area is 363 Å². The van der Waals surface area contributed by atoms with E-state index in [1.54, 1.807) is 0 Å². The van der Waals surface area contributed by atoms with Crippen molar-refractivity contribution in [3.63, 3.8) is 0 Å². The van der Waals surface area contributed by atoms with Crippen molar-refractivity contribution in [3.05, 3.63) is 85.1 Å². The van der Waals surface area contributed by atoms with Crippen LogP contribution in [0.15, 0.2) is 85.1 Å². The zero-order chi connectivity index (χ0) is 43.0. The first-order valence-electron chi connectivity index (χ1n) is 24.1. The average Bonchev–Trinajstić information content (AvgIpc) is 3.23. The quantitative estimate of drug-likeness (QED) is 0.0201. The molecule has 1 unspecified atom stereocenters. The lowest BCUT2D eigenvalue weighted by Crippen LogP contribution is -2.30. The van der Waals surface area contributed by atoms with Gasteiger partial charge in [-0.1, -0.05) is 202 Å². The highest BCUT2D eigenvalue weighted by atomic mass is 16.6. The van der Waals surface area contributed by atoms with Gasteiger partial charge in [-0.05, 0) is 77.0 Å². The van der Waals surface area contributed by atoms with Gasteiger partial charge < -0.3 is 14.2 Å². The summed E-state index contributed by atoms with van der Waals surface area (Å²) >= 11 is 0. The summed E-state index contributed by atoms with van der Waals surface area (Å²) < 4.78 is 16.7. The molecule has 0 aromatic rings. The van der Waals surface area contributed by atoms with Crippen molar-refractivity contribution in [3.8, 4) is 0 Å². The van der Waals surface area contributed by atoms with Gasteiger partial charge in [0.2, 0.25) is 0 Å². The van der Waals surface area contributed by atoms with Crippen molar-refractivity contribution in [1.82, 2.24) is 0 Å². The first-order valence-corrected chi connectivity index (χ1v) is 24.1. The number of carbonyl (C=O) groups is 3. The first-order chi connectivity index (χ1) is 29.0. The lowest BCUT2D eigenvalue weighted by molar-refractivity contribution is -0.167. The van der Waals surface area contributed by atoms with Crippen molar-refractivity contribution in [2.24, 2.45) is 0 Å². The Kier molecular flexibility index (Phi) is 44.5. The number of allylic oxidation sites excluding steroid dienone is 14. The summed E-state index contributed by atoms with van der Waals surface area (Å²) in [6, 6.07) is 0. The normalized spacial score (nSPS) is 12.8. The summed E-state index contributed by atoms with van der Waals surface area (Å²) in [5, 5.41) is 0. The van der Waals surface area contributed by atoms with Crippen LogP contribution in [-0.2, 0) is 28.6 Å². The van der Waals surface area contributed by atoms with Crippen molar-refractivity contribution in [2.45, 2.75) is 219 Å². The highest BCUT2D eigenvalue weighted by Gasteiger charge is 2.19. The van der Waals surface area contributed by atoms with Gasteiger partial charge >= 0.3 is 17.9 Å². The highest BCUT2D eigenvalue weighted by Crippen LogP contribution is 2.13. The monoisotopic (exact) mass is 821 g/mol. The number of ether oxygens (including phenoxy) is 3. The molecule has 0 amide bonds. The van der Waals surface area contributed by atoms with Gasteiger partial charge in [0.05, 0.1) is 0 Å². The van der Waals surface area contributed by atoms with E-state index in [9.17, 15) is 14.4 Å². The maximum Gasteiger partial charge on any atom is 0.306 e. The van der Waals surface area contributed by atoms with Crippen LogP contribution in [0.5, 0.6) is 0 Å². The SMILES string of the molecule is CC\C=C/C=C\C=C/CCCCCCCCCC(=O)OC(COC(=O)CCC/C=C\C/C=C\C/C=C\C/C=C\CCCCC)COC(=O)CCCCCCCCCCC. The molecule has 0 aliphatic carbocycles. The van der Waals surface area contributed by atoms with E-state index in [4.69, 9.17) is 14.2 Å². The van der Waals surface area contributed by atoms with E-state index >= 15 is 0 Å². The van der Waals surface area contributed by atoms with Gasteiger partial charge in [-0.25, -0.2) is 0 Å². The van der Waals surface area contributed by atoms with Crippen LogP contribution >= 0.6 is 0 Å². The third kappa shape index (κ3) is 45.5. The minimum atomic E-state index is -0.801. The number of rotatable bonds is 42. The van der Waals surface area contributed by atoms with Crippen LogP contribution in [0.25, 0.3) is 0 Å². The maximum absolute atomic E-state index is 12.7. The van der Waals surface area contributed by atoms with E-state index in [0.717, 1.165) is 83.5 Å². The summed E-state index contributed by atoms with van der Waals surface area (Å²) in [4.78, 5) is 37.8. The summed E-state index contributed by atoms with van der Waals surface area (Å²) in [7, 11) is 0. The Morgan fingerprint density at radius 3 is 1.27 bits per heavy atom. The second kappa shape index (κ2) is 47.3. The molecule has 0 spiro atoms. The fourth-order valence-corrected chi connectivity index (χ4v) is 6.32. The molecular weight excluding hydrogens is 733 g/mol. The Bertz CT molecular complexity index is 1170. The van der Waals surface area contributed by atoms with Gasteiger partial charge in [-0.3, -0.25) is 14.4 Å². The van der Waals surface area contributed by atoms with Gasteiger partial charge in [-0.2, -0.15) is 0 Å². The average molecular weight is 821 g/mol. The third-order valence-electron chi connectivity index (χ3n) is 9.95. The summed E-state index contributed by atoms with van der Waals surface area (Å²) in [6.07, 6.45) is 60.0. The highest BCUT2D eigenvalue weighted by molar-refractivity contribution is 5.71. The first kappa shape index (κ1) is 55.6. The fraction of sp³-hybridized carbons (Fsp3) is 0.679. The number of hydrogen-bond donors (Lipinski definition) is 0. The van der Waals surface area contributed by atoms with Crippen LogP contribution in [-0.4, -0.2) is 37.2 Å². The molecule has 0 saturated heterocycles. The number of unbranched alkanes of at least 4 members (excludes halogenated alkanes) is 19. The molecule has 0 heterocycles. The van der Waals surface area contributed by atoms with Gasteiger partial charge in [0, 0.05) is 19.3 Å². The number of carbonyl (C=O) groups excluding carboxylic acids is 3. The van der Waals surface area contributed by atoms with Crippen molar-refractivity contribution in [1.29, 1.82) is 0 Å². The fourth-order valence-electron chi connectivity index (χ4n) is 6.32. The second-order valence-corrected chi connectivity index (χ2v) is 15.7. The van der Waals surface area contributed by atoms with Gasteiger partial charge in [0.25, 0.3) is 0 Å². The lowest BCUT2D eigenvalue weighted by atomic mass is 10.1. The molecule has 6 heteroatoms. The molecule has 0 aromatic carbocycles. The molecule has 336 valence electrons. The number of hydrogen-bond acceptors (Lipinski definition) is 6. The summed E-state index contributed by atoms with van der Waals surface area (Å²) in [5.41, 5.74) is 0. The predicted molar refractivity (Wildman–Crippen MR) is 251 cm³/mol. The predicted octanol–water partition coefficient (Wildman–Crippen LogP) is 15.6. The van der Waals surface area contributed by atoms with Crippen LogP contribution in [0, 0.1) is 0 Å². The van der Waals surface area contributed by atoms with E-state index in [1.807, 2.05) is 0 Å². The molecule has 0 radical (unpaired) electrons. The van der Waals surface area contributed by atoms with Crippen LogP contribution < -0.4 is 0 Å². The Balaban J connectivity index is 4.46. The van der Waals surface area contributed by atoms with Crippen LogP contribution in [0.1, 0.15) is 213 Å². The van der Waals surface area contributed by atoms with E-state index in [2.05, 4.69) is 106 Å². The zero-order valence-corrected chi connectivity index (χ0v) is 38.2. The van der Waals surface area contributed by atoms with Crippen LogP contribution in [0.2, 0.25) is 0 Å². The van der Waals surface area contributed by atoms with E-state index in [0.29, 0.717) is 19.3 Å². The Hall–Kier alpha value is -3.41. The standard InChI is InChI=1S/C53H88O6/c1-4-7-10-13-16-19-21-23-25-26-28-29-31-34-37-40-43-46-52(55)58-49-50(48-57-51(54)45-42-39-36-33-18-15-12-9-6-3)59-53(56)47-44-41-38-35-32-30-27-24-22-20-17-14-11-8-5-2/h8,11,14,16-17,19-20,22-23,25,28-29,34,37,50H,4-7,9-10,12-13,15,18,21,24,26-27,30-33,35-36,38-49H2,1-3H3/b11-8-,17-14-,19-16-,22-20-,25-23-,29-28-,37-34-. The molecule has 0 N–H and O–H groups in total. The second-order valence-electron chi connectivity index (χ2n) is 15.7. The minimum absolute atomic E-state index is 0.0983. The largest absolute Gasteiger partial charge is 0.462 e. The molecule has 0 rings (SSSR count). The van der Waals surface area contributed by atoms with Crippen LogP contribution in [0.3, 0.4) is 0 Å². The molecular formula is C53H88O6. The van der Waals surface area contributed by atoms with Crippen LogP contribution in [0.4, 0.5) is 0 Å². The van der Waals surface area contributed by atoms with E-state index in [1.165, 1.54) is 83.5 Å². The minimum Gasteiger partial charge on any atom is -0.462 e. The molecule has 0 bridgehead atoms. The topological polar surface area (TPSA) is 78.9 Å². The summed E-state index contributed by atoms with van der Waals surface area (Å²) in [5.74, 6) is -0.977. The van der Waals surface area contributed by atoms with E-state index < -0.39 is 6.10 Å². The molecule has 0 aliphatic rings. The number of esters is 3. The molecule has 0 saturated carbocycles. The van der Waals surface area contributed by atoms with Crippen molar-refractivity contribution < 1.29 is 28.6 Å². The zero-order valence-electron chi connectivity index (χ0n) is 38.2. The smallest absolute Gasteiger partial charge is 0.306 e. The Morgan fingerprint density at radius 1 is 0.373 bits per heavy atom. The molecule has 0 aliphatic heterocycles. The van der Waals surface area contributed by atoms with Crippen molar-refractivity contribution >= 4 is 17.9 Å². The Morgan fingerprint density at radius 2 is 0.746 bits per heavy atom. The molecule has 0 fully saturated rings. The van der Waals surface area contributed by atoms with E-state index in [-0.39, 0.29) is 37.5 Å². The molecule has 0 aromatic heterocycles. The lowest BCUT2D eigenvalue weighted by Gasteiger charge is -2.18.